The molecule has 2 nitrogen and oxygen atoms in total. The van der Waals surface area contributed by atoms with Gasteiger partial charge in [0.15, 0.2) is 0 Å². The monoisotopic (exact) mass is 206 g/mol. The second-order valence-electron chi connectivity index (χ2n) is 4.86. The first-order chi connectivity index (χ1) is 7.06. The molecular weight excluding hydrogens is 184 g/mol. The Kier molecular flexibility index (Phi) is 4.25. The summed E-state index contributed by atoms with van der Waals surface area (Å²) in [5.41, 5.74) is 1.47. The molecule has 1 aromatic heterocycles. The van der Waals surface area contributed by atoms with Crippen molar-refractivity contribution in [2.45, 2.75) is 58.8 Å². The maximum atomic E-state index is 4.26. The molecule has 84 valence electrons. The van der Waals surface area contributed by atoms with E-state index in [2.05, 4.69) is 30.7 Å². The van der Waals surface area contributed by atoms with Crippen LogP contribution in [0.2, 0.25) is 0 Å². The zero-order valence-electron chi connectivity index (χ0n) is 10.4. The van der Waals surface area contributed by atoms with Gasteiger partial charge in [0.25, 0.3) is 0 Å². The van der Waals surface area contributed by atoms with Crippen LogP contribution in [0.4, 0.5) is 0 Å². The molecule has 0 aliphatic heterocycles. The van der Waals surface area contributed by atoms with Gasteiger partial charge in [-0.25, -0.2) is 9.97 Å². The number of hydrogen-bond donors (Lipinski definition) is 0. The molecule has 0 spiro atoms. The second kappa shape index (κ2) is 5.24. The van der Waals surface area contributed by atoms with Crippen LogP contribution in [0.5, 0.6) is 0 Å². The number of aromatic nitrogens is 2. The quantitative estimate of drug-likeness (QED) is 0.687. The van der Waals surface area contributed by atoms with Gasteiger partial charge in [0.1, 0.15) is 5.82 Å². The molecule has 2 heteroatoms. The van der Waals surface area contributed by atoms with E-state index >= 15 is 0 Å². The highest BCUT2D eigenvalue weighted by atomic mass is 14.8. The molecule has 1 aromatic rings. The first-order valence-electron chi connectivity index (χ1n) is 5.85. The molecule has 0 saturated heterocycles. The molecule has 1 heterocycles. The zero-order valence-corrected chi connectivity index (χ0v) is 10.4. The topological polar surface area (TPSA) is 25.8 Å². The molecule has 1 rings (SSSR count). The van der Waals surface area contributed by atoms with E-state index in [1.54, 1.807) is 0 Å². The summed E-state index contributed by atoms with van der Waals surface area (Å²) < 4.78 is 0. The van der Waals surface area contributed by atoms with E-state index in [-0.39, 0.29) is 5.41 Å². The fourth-order valence-electron chi connectivity index (χ4n) is 1.70. The van der Waals surface area contributed by atoms with Crippen molar-refractivity contribution in [2.75, 3.05) is 0 Å². The first-order valence-corrected chi connectivity index (χ1v) is 5.85. The van der Waals surface area contributed by atoms with Crippen LogP contribution in [0.3, 0.4) is 0 Å². The molecule has 0 fully saturated rings. The number of aryl methyl sites for hydroxylation is 1. The molecule has 0 N–H and O–H groups in total. The Morgan fingerprint density at radius 1 is 1.13 bits per heavy atom. The van der Waals surface area contributed by atoms with Gasteiger partial charge in [-0.2, -0.15) is 0 Å². The minimum absolute atomic E-state index is 0.211. The lowest BCUT2D eigenvalue weighted by atomic mass is 9.81. The lowest BCUT2D eigenvalue weighted by Crippen LogP contribution is -2.17. The number of unbranched alkanes of at least 4 members (excludes halogenated alkanes) is 2. The molecule has 0 bridgehead atoms. The molecule has 0 saturated carbocycles. The van der Waals surface area contributed by atoms with Crippen molar-refractivity contribution in [1.82, 2.24) is 9.97 Å². The number of nitrogens with zero attached hydrogens (tertiary/aromatic N) is 2. The SMILES string of the molecule is CCCCCC(C)(C)c1cnc(C)nc1. The van der Waals surface area contributed by atoms with E-state index in [0.29, 0.717) is 0 Å². The van der Waals surface area contributed by atoms with Crippen LogP contribution in [-0.2, 0) is 5.41 Å². The maximum Gasteiger partial charge on any atom is 0.125 e. The fourth-order valence-corrected chi connectivity index (χ4v) is 1.70. The fraction of sp³-hybridized carbons (Fsp3) is 0.692. The second-order valence-corrected chi connectivity index (χ2v) is 4.86. The standard InChI is InChI=1S/C13H22N2/c1-5-6-7-8-13(3,4)12-9-14-11(2)15-10-12/h9-10H,5-8H2,1-4H3. The average Bonchev–Trinajstić information content (AvgIpc) is 2.18. The first kappa shape index (κ1) is 12.2. The van der Waals surface area contributed by atoms with Crippen molar-refractivity contribution >= 4 is 0 Å². The molecular formula is C13H22N2. The Bertz CT molecular complexity index is 288. The predicted molar refractivity (Wildman–Crippen MR) is 63.9 cm³/mol. The van der Waals surface area contributed by atoms with Gasteiger partial charge in [0, 0.05) is 12.4 Å². The van der Waals surface area contributed by atoms with Gasteiger partial charge >= 0.3 is 0 Å². The summed E-state index contributed by atoms with van der Waals surface area (Å²) in [5, 5.41) is 0. The molecule has 0 aliphatic rings. The Morgan fingerprint density at radius 2 is 1.73 bits per heavy atom. The predicted octanol–water partition coefficient (Wildman–Crippen LogP) is 3.64. The van der Waals surface area contributed by atoms with E-state index in [4.69, 9.17) is 0 Å². The number of rotatable bonds is 5. The summed E-state index contributed by atoms with van der Waals surface area (Å²) in [6, 6.07) is 0. The molecule has 0 amide bonds. The minimum atomic E-state index is 0.211. The van der Waals surface area contributed by atoms with Crippen LogP contribution in [0.1, 0.15) is 57.8 Å². The Balaban J connectivity index is 2.63. The Hall–Kier alpha value is -0.920. The van der Waals surface area contributed by atoms with E-state index < -0.39 is 0 Å². The van der Waals surface area contributed by atoms with Crippen molar-refractivity contribution in [3.8, 4) is 0 Å². The van der Waals surface area contributed by atoms with Crippen LogP contribution in [0.25, 0.3) is 0 Å². The van der Waals surface area contributed by atoms with E-state index in [0.717, 1.165) is 5.82 Å². The zero-order chi connectivity index (χ0) is 11.3. The van der Waals surface area contributed by atoms with E-state index in [9.17, 15) is 0 Å². The third-order valence-corrected chi connectivity index (χ3v) is 2.97. The summed E-state index contributed by atoms with van der Waals surface area (Å²) in [5.74, 6) is 0.850. The van der Waals surface area contributed by atoms with Gasteiger partial charge in [-0.05, 0) is 24.3 Å². The molecule has 0 aliphatic carbocycles. The van der Waals surface area contributed by atoms with Gasteiger partial charge in [0.05, 0.1) is 0 Å². The van der Waals surface area contributed by atoms with Gasteiger partial charge in [-0.1, -0.05) is 40.0 Å². The summed E-state index contributed by atoms with van der Waals surface area (Å²) in [7, 11) is 0. The normalized spacial score (nSPS) is 11.7. The summed E-state index contributed by atoms with van der Waals surface area (Å²) in [6.45, 7) is 8.71. The average molecular weight is 206 g/mol. The van der Waals surface area contributed by atoms with Crippen LogP contribution >= 0.6 is 0 Å². The van der Waals surface area contributed by atoms with Crippen molar-refractivity contribution < 1.29 is 0 Å². The minimum Gasteiger partial charge on any atom is -0.241 e. The largest absolute Gasteiger partial charge is 0.241 e. The highest BCUT2D eigenvalue weighted by molar-refractivity contribution is 5.16. The van der Waals surface area contributed by atoms with Crippen molar-refractivity contribution in [1.29, 1.82) is 0 Å². The van der Waals surface area contributed by atoms with E-state index in [1.807, 2.05) is 19.3 Å². The highest BCUT2D eigenvalue weighted by Crippen LogP contribution is 2.28. The molecule has 0 radical (unpaired) electrons. The summed E-state index contributed by atoms with van der Waals surface area (Å²) >= 11 is 0. The van der Waals surface area contributed by atoms with Gasteiger partial charge in [0.2, 0.25) is 0 Å². The third-order valence-electron chi connectivity index (χ3n) is 2.97. The number of hydrogen-bond acceptors (Lipinski definition) is 2. The molecule has 0 atom stereocenters. The van der Waals surface area contributed by atoms with E-state index in [1.165, 1.54) is 31.2 Å². The molecule has 15 heavy (non-hydrogen) atoms. The van der Waals surface area contributed by atoms with Gasteiger partial charge < -0.3 is 0 Å². The van der Waals surface area contributed by atoms with Crippen molar-refractivity contribution in [3.63, 3.8) is 0 Å². The molecule has 0 aromatic carbocycles. The highest BCUT2D eigenvalue weighted by Gasteiger charge is 2.20. The van der Waals surface area contributed by atoms with Crippen LogP contribution in [-0.4, -0.2) is 9.97 Å². The van der Waals surface area contributed by atoms with Crippen LogP contribution < -0.4 is 0 Å². The smallest absolute Gasteiger partial charge is 0.125 e. The van der Waals surface area contributed by atoms with Crippen LogP contribution in [0.15, 0.2) is 12.4 Å². The van der Waals surface area contributed by atoms with Crippen LogP contribution in [0, 0.1) is 6.92 Å². The van der Waals surface area contributed by atoms with Crippen molar-refractivity contribution in [2.24, 2.45) is 0 Å². The lowest BCUT2D eigenvalue weighted by molar-refractivity contribution is 0.447. The Labute approximate surface area is 93.2 Å². The van der Waals surface area contributed by atoms with Crippen molar-refractivity contribution in [3.05, 3.63) is 23.8 Å². The molecule has 0 unspecified atom stereocenters. The lowest BCUT2D eigenvalue weighted by Gasteiger charge is -2.24. The Morgan fingerprint density at radius 3 is 2.27 bits per heavy atom. The van der Waals surface area contributed by atoms with Gasteiger partial charge in [-0.3, -0.25) is 0 Å². The maximum absolute atomic E-state index is 4.26. The van der Waals surface area contributed by atoms with Gasteiger partial charge in [-0.15, -0.1) is 0 Å². The summed E-state index contributed by atoms with van der Waals surface area (Å²) in [6.07, 6.45) is 9.03. The summed E-state index contributed by atoms with van der Waals surface area (Å²) in [4.78, 5) is 8.53. The third kappa shape index (κ3) is 3.61.